The molecular formula is C14H17N3OS4. The summed E-state index contributed by atoms with van der Waals surface area (Å²) in [6, 6.07) is 8.30. The normalized spacial score (nSPS) is 10.7. The van der Waals surface area contributed by atoms with E-state index >= 15 is 0 Å². The van der Waals surface area contributed by atoms with Gasteiger partial charge in [-0.2, -0.15) is 0 Å². The zero-order chi connectivity index (χ0) is 15.9. The van der Waals surface area contributed by atoms with E-state index in [1.54, 1.807) is 28.4 Å². The number of carbonyl (C=O) groups is 1. The summed E-state index contributed by atoms with van der Waals surface area (Å²) in [7, 11) is 1.83. The van der Waals surface area contributed by atoms with Crippen LogP contribution in [0.5, 0.6) is 0 Å². The molecule has 0 N–H and O–H groups in total. The largest absolute Gasteiger partial charge is 0.341 e. The lowest BCUT2D eigenvalue weighted by Crippen LogP contribution is -2.27. The van der Waals surface area contributed by atoms with E-state index in [9.17, 15) is 4.79 Å². The highest BCUT2D eigenvalue weighted by atomic mass is 32.2. The zero-order valence-corrected chi connectivity index (χ0v) is 15.9. The third-order valence-electron chi connectivity index (χ3n) is 2.89. The van der Waals surface area contributed by atoms with Gasteiger partial charge in [-0.15, -0.1) is 22.0 Å². The highest BCUT2D eigenvalue weighted by Crippen LogP contribution is 2.27. The van der Waals surface area contributed by atoms with Crippen LogP contribution in [0.1, 0.15) is 5.56 Å². The van der Waals surface area contributed by atoms with Gasteiger partial charge in [-0.05, 0) is 30.2 Å². The van der Waals surface area contributed by atoms with Gasteiger partial charge in [0, 0.05) is 18.5 Å². The predicted molar refractivity (Wildman–Crippen MR) is 97.1 cm³/mol. The molecule has 0 aliphatic heterocycles. The number of aromatic nitrogens is 2. The van der Waals surface area contributed by atoms with Crippen molar-refractivity contribution in [3.63, 3.8) is 0 Å². The Balaban J connectivity index is 1.83. The average Bonchev–Trinajstić information content (AvgIpc) is 3.01. The average molecular weight is 372 g/mol. The Kier molecular flexibility index (Phi) is 7.07. The molecule has 0 bridgehead atoms. The number of hydrogen-bond acceptors (Lipinski definition) is 7. The predicted octanol–water partition coefficient (Wildman–Crippen LogP) is 3.73. The van der Waals surface area contributed by atoms with Crippen molar-refractivity contribution in [2.75, 3.05) is 25.3 Å². The Morgan fingerprint density at radius 3 is 2.41 bits per heavy atom. The summed E-state index contributed by atoms with van der Waals surface area (Å²) in [5.41, 5.74) is 1.14. The second-order valence-corrected chi connectivity index (χ2v) is 8.56. The third-order valence-corrected chi connectivity index (χ3v) is 6.65. The minimum absolute atomic E-state index is 0.0971. The van der Waals surface area contributed by atoms with Crippen LogP contribution >= 0.6 is 46.6 Å². The molecule has 118 valence electrons. The molecule has 8 heteroatoms. The van der Waals surface area contributed by atoms with E-state index in [1.807, 2.05) is 13.3 Å². The summed E-state index contributed by atoms with van der Waals surface area (Å²) in [6.07, 6.45) is 4.02. The Labute approximate surface area is 147 Å². The number of thioether (sulfide) groups is 3. The molecule has 0 radical (unpaired) electrons. The van der Waals surface area contributed by atoms with Gasteiger partial charge < -0.3 is 4.90 Å². The lowest BCUT2D eigenvalue weighted by atomic mass is 10.2. The van der Waals surface area contributed by atoms with Crippen molar-refractivity contribution in [2.45, 2.75) is 20.1 Å². The van der Waals surface area contributed by atoms with Crippen molar-refractivity contribution < 1.29 is 4.79 Å². The van der Waals surface area contributed by atoms with Crippen molar-refractivity contribution in [3.05, 3.63) is 29.8 Å². The Bertz CT molecular complexity index is 615. The topological polar surface area (TPSA) is 46.1 Å². The highest BCUT2D eigenvalue weighted by Gasteiger charge is 2.12. The molecule has 0 saturated carbocycles. The minimum Gasteiger partial charge on any atom is -0.341 e. The van der Waals surface area contributed by atoms with E-state index in [0.29, 0.717) is 12.3 Å². The number of amides is 1. The van der Waals surface area contributed by atoms with E-state index in [-0.39, 0.29) is 5.91 Å². The molecule has 0 saturated heterocycles. The lowest BCUT2D eigenvalue weighted by molar-refractivity contribution is -0.127. The lowest BCUT2D eigenvalue weighted by Gasteiger charge is -2.16. The molecule has 0 aliphatic carbocycles. The van der Waals surface area contributed by atoms with Gasteiger partial charge in [0.15, 0.2) is 8.68 Å². The molecule has 0 spiro atoms. The van der Waals surface area contributed by atoms with Crippen LogP contribution in [0.3, 0.4) is 0 Å². The summed E-state index contributed by atoms with van der Waals surface area (Å²) in [5, 5.41) is 8.08. The molecule has 0 fully saturated rings. The van der Waals surface area contributed by atoms with E-state index in [1.165, 1.54) is 28.0 Å². The first kappa shape index (κ1) is 17.7. The Hall–Kier alpha value is -0.700. The standard InChI is InChI=1S/C14H17N3OS4/c1-17(8-10-4-6-11(19-2)7-5-10)12(18)9-21-14-16-15-13(20-3)22-14/h4-7H,8-9H2,1-3H3. The van der Waals surface area contributed by atoms with Gasteiger partial charge in [-0.25, -0.2) is 0 Å². The molecule has 4 nitrogen and oxygen atoms in total. The van der Waals surface area contributed by atoms with Gasteiger partial charge in [0.1, 0.15) is 0 Å². The number of nitrogens with zero attached hydrogens (tertiary/aromatic N) is 3. The molecule has 2 aromatic rings. The van der Waals surface area contributed by atoms with Crippen LogP contribution in [0.4, 0.5) is 0 Å². The van der Waals surface area contributed by atoms with Crippen molar-refractivity contribution in [3.8, 4) is 0 Å². The first-order chi connectivity index (χ1) is 10.6. The first-order valence-corrected chi connectivity index (χ1v) is 10.7. The quantitative estimate of drug-likeness (QED) is 0.691. The van der Waals surface area contributed by atoms with Gasteiger partial charge in [0.05, 0.1) is 5.75 Å². The van der Waals surface area contributed by atoms with E-state index in [2.05, 4.69) is 40.7 Å². The fraction of sp³-hybridized carbons (Fsp3) is 0.357. The smallest absolute Gasteiger partial charge is 0.233 e. The minimum atomic E-state index is 0.0971. The van der Waals surface area contributed by atoms with Crippen molar-refractivity contribution in [2.24, 2.45) is 0 Å². The Morgan fingerprint density at radius 2 is 1.82 bits per heavy atom. The second-order valence-electron chi connectivity index (χ2n) is 4.42. The maximum atomic E-state index is 12.2. The molecule has 1 amide bonds. The van der Waals surface area contributed by atoms with Crippen molar-refractivity contribution >= 4 is 52.5 Å². The van der Waals surface area contributed by atoms with E-state index < -0.39 is 0 Å². The molecule has 22 heavy (non-hydrogen) atoms. The molecule has 0 aliphatic rings. The first-order valence-electron chi connectivity index (χ1n) is 6.49. The van der Waals surface area contributed by atoms with Gasteiger partial charge >= 0.3 is 0 Å². The fourth-order valence-corrected chi connectivity index (χ4v) is 4.45. The van der Waals surface area contributed by atoms with Gasteiger partial charge in [0.25, 0.3) is 0 Å². The van der Waals surface area contributed by atoms with Crippen LogP contribution in [-0.2, 0) is 11.3 Å². The monoisotopic (exact) mass is 371 g/mol. The van der Waals surface area contributed by atoms with Crippen LogP contribution in [0.15, 0.2) is 37.8 Å². The number of hydrogen-bond donors (Lipinski definition) is 0. The summed E-state index contributed by atoms with van der Waals surface area (Å²) in [6.45, 7) is 0.625. The van der Waals surface area contributed by atoms with E-state index in [0.717, 1.165) is 14.2 Å². The van der Waals surface area contributed by atoms with Crippen molar-refractivity contribution in [1.29, 1.82) is 0 Å². The summed E-state index contributed by atoms with van der Waals surface area (Å²) >= 11 is 6.26. The molecule has 0 atom stereocenters. The molecule has 2 rings (SSSR count). The van der Waals surface area contributed by atoms with Crippen LogP contribution < -0.4 is 0 Å². The maximum Gasteiger partial charge on any atom is 0.233 e. The van der Waals surface area contributed by atoms with Crippen LogP contribution in [0, 0.1) is 0 Å². The molecule has 0 unspecified atom stereocenters. The van der Waals surface area contributed by atoms with Crippen LogP contribution in [-0.4, -0.2) is 46.3 Å². The van der Waals surface area contributed by atoms with E-state index in [4.69, 9.17) is 0 Å². The van der Waals surface area contributed by atoms with Crippen molar-refractivity contribution in [1.82, 2.24) is 15.1 Å². The van der Waals surface area contributed by atoms with Gasteiger partial charge in [0.2, 0.25) is 5.91 Å². The molecule has 1 aromatic heterocycles. The molecule has 1 aromatic carbocycles. The molecule has 1 heterocycles. The van der Waals surface area contributed by atoms with Gasteiger partial charge in [-0.3, -0.25) is 4.79 Å². The second kappa shape index (κ2) is 8.81. The van der Waals surface area contributed by atoms with Crippen LogP contribution in [0.2, 0.25) is 0 Å². The number of benzene rings is 1. The third kappa shape index (κ3) is 5.19. The summed E-state index contributed by atoms with van der Waals surface area (Å²) < 4.78 is 1.77. The fourth-order valence-electron chi connectivity index (χ4n) is 1.66. The van der Waals surface area contributed by atoms with Gasteiger partial charge in [-0.1, -0.05) is 47.0 Å². The summed E-state index contributed by atoms with van der Waals surface area (Å²) in [5.74, 6) is 0.488. The highest BCUT2D eigenvalue weighted by molar-refractivity contribution is 8.03. The summed E-state index contributed by atoms with van der Waals surface area (Å²) in [4.78, 5) is 15.2. The Morgan fingerprint density at radius 1 is 1.14 bits per heavy atom. The maximum absolute atomic E-state index is 12.2. The zero-order valence-electron chi connectivity index (χ0n) is 12.6. The number of rotatable bonds is 7. The number of carbonyl (C=O) groups excluding carboxylic acids is 1. The molecular weight excluding hydrogens is 354 g/mol. The van der Waals surface area contributed by atoms with Crippen LogP contribution in [0.25, 0.3) is 0 Å². The SMILES string of the molecule is CSc1ccc(CN(C)C(=O)CSc2nnc(SC)s2)cc1.